The van der Waals surface area contributed by atoms with Gasteiger partial charge in [0.1, 0.15) is 5.60 Å². The van der Waals surface area contributed by atoms with Gasteiger partial charge in [0.2, 0.25) is 8.32 Å². The van der Waals surface area contributed by atoms with E-state index in [1.54, 1.807) is 20.3 Å². The molecule has 0 aromatic heterocycles. The molecule has 3 nitrogen and oxygen atoms in total. The van der Waals surface area contributed by atoms with E-state index in [1.807, 2.05) is 12.6 Å². The minimum atomic E-state index is -1.86. The van der Waals surface area contributed by atoms with E-state index in [0.717, 1.165) is 12.5 Å². The molecule has 0 radical (unpaired) electrons. The molecule has 1 heterocycles. The second kappa shape index (κ2) is 4.45. The molecule has 0 aliphatic carbocycles. The van der Waals surface area contributed by atoms with Crippen molar-refractivity contribution in [3.63, 3.8) is 0 Å². The van der Waals surface area contributed by atoms with Crippen LogP contribution in [-0.2, 0) is 13.9 Å². The van der Waals surface area contributed by atoms with Crippen LogP contribution in [0.3, 0.4) is 0 Å². The van der Waals surface area contributed by atoms with Crippen molar-refractivity contribution in [3.8, 4) is 0 Å². The van der Waals surface area contributed by atoms with Crippen LogP contribution < -0.4 is 0 Å². The van der Waals surface area contributed by atoms with Crippen LogP contribution in [0.25, 0.3) is 0 Å². The van der Waals surface area contributed by atoms with Crippen LogP contribution in [0.5, 0.6) is 0 Å². The molecule has 92 valence electrons. The maximum atomic E-state index is 6.21. The molecule has 0 bridgehead atoms. The molecule has 0 N–H and O–H groups in total. The molecule has 1 aliphatic rings. The van der Waals surface area contributed by atoms with Crippen LogP contribution in [0.4, 0.5) is 0 Å². The molecule has 0 spiro atoms. The van der Waals surface area contributed by atoms with Gasteiger partial charge in [-0.2, -0.15) is 0 Å². The Hall–Kier alpha value is -0.423. The minimum absolute atomic E-state index is 0.621. The van der Waals surface area contributed by atoms with E-state index in [2.05, 4.69) is 19.7 Å². The molecule has 16 heavy (non-hydrogen) atoms. The van der Waals surface area contributed by atoms with Gasteiger partial charge in [-0.25, -0.2) is 0 Å². The van der Waals surface area contributed by atoms with E-state index in [1.165, 1.54) is 0 Å². The molecule has 4 heteroatoms. The summed E-state index contributed by atoms with van der Waals surface area (Å²) in [7, 11) is 1.44. The highest BCUT2D eigenvalue weighted by molar-refractivity contribution is 6.77. The molecule has 2 atom stereocenters. The Kier molecular flexibility index (Phi) is 3.79. The summed E-state index contributed by atoms with van der Waals surface area (Å²) in [5, 5.41) is 0. The highest BCUT2D eigenvalue weighted by atomic mass is 28.4. The summed E-state index contributed by atoms with van der Waals surface area (Å²) in [6.45, 7) is 11.8. The van der Waals surface area contributed by atoms with Gasteiger partial charge < -0.3 is 13.9 Å². The first-order valence-electron chi connectivity index (χ1n) is 5.48. The molecule has 0 aromatic rings. The number of ether oxygens (including phenoxy) is 2. The third kappa shape index (κ3) is 1.90. The molecule has 0 aromatic carbocycles. The van der Waals surface area contributed by atoms with E-state index in [9.17, 15) is 0 Å². The van der Waals surface area contributed by atoms with Gasteiger partial charge in [-0.15, -0.1) is 13.2 Å². The average Bonchev–Trinajstić information content (AvgIpc) is 2.30. The molecule has 1 saturated heterocycles. The van der Waals surface area contributed by atoms with Crippen molar-refractivity contribution in [2.24, 2.45) is 0 Å². The topological polar surface area (TPSA) is 27.7 Å². The van der Waals surface area contributed by atoms with E-state index in [4.69, 9.17) is 13.9 Å². The van der Waals surface area contributed by atoms with E-state index in [-0.39, 0.29) is 0 Å². The lowest BCUT2D eigenvalue weighted by Crippen LogP contribution is -2.63. The third-order valence-corrected chi connectivity index (χ3v) is 6.63. The number of hydrogen-bond acceptors (Lipinski definition) is 3. The Morgan fingerprint density at radius 3 is 2.25 bits per heavy atom. The van der Waals surface area contributed by atoms with Crippen molar-refractivity contribution in [2.75, 3.05) is 14.2 Å². The van der Waals surface area contributed by atoms with Crippen molar-refractivity contribution in [3.05, 3.63) is 24.9 Å². The number of rotatable bonds is 4. The quantitative estimate of drug-likeness (QED) is 0.431. The van der Waals surface area contributed by atoms with Gasteiger partial charge in [0.15, 0.2) is 5.79 Å². The van der Waals surface area contributed by atoms with Crippen LogP contribution in [-0.4, -0.2) is 33.9 Å². The summed E-state index contributed by atoms with van der Waals surface area (Å²) in [6, 6.07) is 0.946. The van der Waals surface area contributed by atoms with Gasteiger partial charge in [-0.1, -0.05) is 11.8 Å². The molecule has 0 amide bonds. The predicted octanol–water partition coefficient (Wildman–Crippen LogP) is 2.64. The fourth-order valence-electron chi connectivity index (χ4n) is 2.31. The highest BCUT2D eigenvalue weighted by Crippen LogP contribution is 2.44. The van der Waals surface area contributed by atoms with Gasteiger partial charge in [-0.3, -0.25) is 0 Å². The smallest absolute Gasteiger partial charge is 0.215 e. The first-order valence-corrected chi connectivity index (χ1v) is 8.18. The van der Waals surface area contributed by atoms with E-state index < -0.39 is 19.7 Å². The average molecular weight is 242 g/mol. The Morgan fingerprint density at radius 2 is 1.88 bits per heavy atom. The molecular weight excluding hydrogens is 220 g/mol. The Bertz CT molecular complexity index is 288. The third-order valence-electron chi connectivity index (χ3n) is 3.63. The van der Waals surface area contributed by atoms with Crippen molar-refractivity contribution in [2.45, 2.75) is 37.3 Å². The van der Waals surface area contributed by atoms with Gasteiger partial charge >= 0.3 is 0 Å². The van der Waals surface area contributed by atoms with Crippen molar-refractivity contribution >= 4 is 8.32 Å². The van der Waals surface area contributed by atoms with Crippen molar-refractivity contribution in [1.29, 1.82) is 0 Å². The van der Waals surface area contributed by atoms with Crippen molar-refractivity contribution in [1.82, 2.24) is 0 Å². The zero-order valence-corrected chi connectivity index (χ0v) is 11.7. The summed E-state index contributed by atoms with van der Waals surface area (Å²) in [5.74, 6) is -0.732. The maximum Gasteiger partial charge on any atom is 0.215 e. The molecule has 1 rings (SSSR count). The Balaban J connectivity index is 3.10. The summed E-state index contributed by atoms with van der Waals surface area (Å²) >= 11 is 0. The van der Waals surface area contributed by atoms with Gasteiger partial charge in [0.05, 0.1) is 0 Å². The zero-order chi connectivity index (χ0) is 12.4. The minimum Gasteiger partial charge on any atom is -0.399 e. The lowest BCUT2D eigenvalue weighted by atomic mass is 9.92. The fourth-order valence-corrected chi connectivity index (χ4v) is 4.73. The highest BCUT2D eigenvalue weighted by Gasteiger charge is 2.56. The summed E-state index contributed by atoms with van der Waals surface area (Å²) in [4.78, 5) is 0. The molecule has 0 saturated carbocycles. The predicted molar refractivity (Wildman–Crippen MR) is 67.7 cm³/mol. The zero-order valence-electron chi connectivity index (χ0n) is 10.7. The maximum absolute atomic E-state index is 6.21. The second-order valence-electron chi connectivity index (χ2n) is 4.59. The second-order valence-corrected chi connectivity index (χ2v) is 8.33. The summed E-state index contributed by atoms with van der Waals surface area (Å²) in [6.07, 6.45) is 2.57. The monoisotopic (exact) mass is 242 g/mol. The van der Waals surface area contributed by atoms with Crippen LogP contribution in [0.2, 0.25) is 12.6 Å². The lowest BCUT2D eigenvalue weighted by molar-refractivity contribution is -0.284. The summed E-state index contributed by atoms with van der Waals surface area (Å²) < 4.78 is 17.3. The number of hydrogen-bond donors (Lipinski definition) is 0. The lowest BCUT2D eigenvalue weighted by Gasteiger charge is -2.52. The van der Waals surface area contributed by atoms with Crippen LogP contribution in [0, 0.1) is 0 Å². The Morgan fingerprint density at radius 1 is 1.31 bits per heavy atom. The Labute approximate surface area is 99.2 Å². The van der Waals surface area contributed by atoms with E-state index in [0.29, 0.717) is 0 Å². The van der Waals surface area contributed by atoms with Gasteiger partial charge in [-0.05, 0) is 19.5 Å². The van der Waals surface area contributed by atoms with Gasteiger partial charge in [0, 0.05) is 20.6 Å². The first kappa shape index (κ1) is 13.6. The van der Waals surface area contributed by atoms with Gasteiger partial charge in [0.25, 0.3) is 0 Å². The standard InChI is InChI=1S/C12H22O3Si/c1-7-11(3)12(13-4,14-5)9-10-16(6,8-2)15-11/h7-8H,1-2,9-10H2,3-6H3. The molecular formula is C12H22O3Si. The van der Waals surface area contributed by atoms with Crippen LogP contribution in [0.1, 0.15) is 13.3 Å². The molecule has 1 aliphatic heterocycles. The molecule has 1 fully saturated rings. The van der Waals surface area contributed by atoms with Crippen LogP contribution >= 0.6 is 0 Å². The van der Waals surface area contributed by atoms with E-state index >= 15 is 0 Å². The first-order chi connectivity index (χ1) is 7.41. The molecule has 2 unspecified atom stereocenters. The van der Waals surface area contributed by atoms with Crippen molar-refractivity contribution < 1.29 is 13.9 Å². The largest absolute Gasteiger partial charge is 0.399 e. The number of methoxy groups -OCH3 is 2. The fraction of sp³-hybridized carbons (Fsp3) is 0.667. The summed E-state index contributed by atoms with van der Waals surface area (Å²) in [5.41, 5.74) is 1.34. The SMILES string of the molecule is C=CC1(C)O[Si](C)(C=C)CCC1(OC)OC. The van der Waals surface area contributed by atoms with Crippen LogP contribution in [0.15, 0.2) is 24.9 Å². The normalized spacial score (nSPS) is 38.0.